The van der Waals surface area contributed by atoms with E-state index in [9.17, 15) is 4.79 Å². The molecule has 0 aromatic carbocycles. The van der Waals surface area contributed by atoms with Crippen molar-refractivity contribution < 1.29 is 4.79 Å². The maximum absolute atomic E-state index is 11.2. The molecular weight excluding hydrogens is 188 g/mol. The molecule has 0 spiro atoms. The minimum atomic E-state index is -0.411. The Hall–Kier alpha value is -0.570. The van der Waals surface area contributed by atoms with Crippen molar-refractivity contribution in [1.82, 2.24) is 4.90 Å². The highest BCUT2D eigenvalue weighted by molar-refractivity contribution is 5.80. The quantitative estimate of drug-likeness (QED) is 0.772. The molecule has 2 N–H and O–H groups in total. The lowest BCUT2D eigenvalue weighted by atomic mass is 9.89. The smallest absolute Gasteiger partial charge is 0.224 e. The first-order chi connectivity index (χ1) is 6.93. The zero-order valence-corrected chi connectivity index (χ0v) is 10.3. The molecule has 0 bridgehead atoms. The monoisotopic (exact) mass is 212 g/mol. The van der Waals surface area contributed by atoms with Gasteiger partial charge in [0.15, 0.2) is 0 Å². The lowest BCUT2D eigenvalue weighted by Gasteiger charge is -2.35. The average Bonchev–Trinajstić information content (AvgIpc) is 2.18. The number of nitrogens with zero attached hydrogens (tertiary/aromatic N) is 1. The molecule has 1 amide bonds. The van der Waals surface area contributed by atoms with E-state index in [-0.39, 0.29) is 5.91 Å². The zero-order valence-electron chi connectivity index (χ0n) is 10.3. The topological polar surface area (TPSA) is 46.3 Å². The molecule has 15 heavy (non-hydrogen) atoms. The zero-order chi connectivity index (χ0) is 11.5. The Morgan fingerprint density at radius 2 is 1.87 bits per heavy atom. The summed E-state index contributed by atoms with van der Waals surface area (Å²) in [5, 5.41) is 0. The lowest BCUT2D eigenvalue weighted by molar-refractivity contribution is -0.127. The van der Waals surface area contributed by atoms with Crippen LogP contribution in [-0.4, -0.2) is 30.4 Å². The summed E-state index contributed by atoms with van der Waals surface area (Å²) in [6, 6.07) is 0.650. The van der Waals surface area contributed by atoms with Crippen LogP contribution >= 0.6 is 0 Å². The molecular formula is C12H24N2O. The molecule has 1 fully saturated rings. The normalized spacial score (nSPS) is 19.5. The number of rotatable bonds is 4. The fraction of sp³-hybridized carbons (Fsp3) is 0.917. The molecule has 0 aromatic heterocycles. The van der Waals surface area contributed by atoms with Gasteiger partial charge in [0.2, 0.25) is 5.91 Å². The highest BCUT2D eigenvalue weighted by Gasteiger charge is 2.29. The Labute approximate surface area is 93.0 Å². The van der Waals surface area contributed by atoms with E-state index < -0.39 is 5.41 Å². The van der Waals surface area contributed by atoms with Gasteiger partial charge in [-0.2, -0.15) is 0 Å². The Morgan fingerprint density at radius 3 is 2.33 bits per heavy atom. The molecule has 88 valence electrons. The van der Waals surface area contributed by atoms with Crippen molar-refractivity contribution >= 4 is 5.91 Å². The minimum absolute atomic E-state index is 0.204. The molecule has 0 radical (unpaired) electrons. The van der Waals surface area contributed by atoms with Crippen LogP contribution in [0.3, 0.4) is 0 Å². The van der Waals surface area contributed by atoms with Crippen LogP contribution in [0.5, 0.6) is 0 Å². The van der Waals surface area contributed by atoms with Gasteiger partial charge in [-0.05, 0) is 33.7 Å². The molecule has 0 unspecified atom stereocenters. The number of nitrogens with two attached hydrogens (primary N) is 1. The van der Waals surface area contributed by atoms with E-state index in [1.165, 1.54) is 32.1 Å². The first kappa shape index (κ1) is 12.5. The number of amides is 1. The Bertz CT molecular complexity index is 220. The van der Waals surface area contributed by atoms with Crippen molar-refractivity contribution in [3.63, 3.8) is 0 Å². The van der Waals surface area contributed by atoms with Gasteiger partial charge in [0, 0.05) is 12.6 Å². The molecule has 1 saturated carbocycles. The molecule has 1 aliphatic carbocycles. The van der Waals surface area contributed by atoms with Crippen LogP contribution in [0.4, 0.5) is 0 Å². The molecule has 0 aromatic rings. The van der Waals surface area contributed by atoms with E-state index in [4.69, 9.17) is 5.73 Å². The van der Waals surface area contributed by atoms with Gasteiger partial charge in [-0.3, -0.25) is 4.79 Å². The molecule has 3 nitrogen and oxygen atoms in total. The maximum Gasteiger partial charge on any atom is 0.224 e. The Kier molecular flexibility index (Phi) is 4.14. The summed E-state index contributed by atoms with van der Waals surface area (Å²) >= 11 is 0. The second-order valence-electron chi connectivity index (χ2n) is 5.46. The highest BCUT2D eigenvalue weighted by Crippen LogP contribution is 2.24. The van der Waals surface area contributed by atoms with Crippen LogP contribution in [0.1, 0.15) is 46.0 Å². The fourth-order valence-electron chi connectivity index (χ4n) is 2.35. The number of carbonyl (C=O) groups excluding carboxylic acids is 1. The van der Waals surface area contributed by atoms with Crippen LogP contribution in [0.15, 0.2) is 0 Å². The molecule has 0 atom stereocenters. The summed E-state index contributed by atoms with van der Waals surface area (Å²) in [5.74, 6) is -0.204. The largest absolute Gasteiger partial charge is 0.369 e. The standard InChI is InChI=1S/C12H24N2O/c1-12(2,11(13)15)9-14(3)10-7-5-4-6-8-10/h10H,4-9H2,1-3H3,(H2,13,15). The van der Waals surface area contributed by atoms with Crippen LogP contribution < -0.4 is 5.73 Å². The van der Waals surface area contributed by atoms with Gasteiger partial charge in [0.05, 0.1) is 5.41 Å². The van der Waals surface area contributed by atoms with Gasteiger partial charge in [-0.15, -0.1) is 0 Å². The van der Waals surface area contributed by atoms with Crippen molar-refractivity contribution in [3.8, 4) is 0 Å². The van der Waals surface area contributed by atoms with Crippen molar-refractivity contribution in [2.75, 3.05) is 13.6 Å². The van der Waals surface area contributed by atoms with Crippen LogP contribution in [0.25, 0.3) is 0 Å². The summed E-state index contributed by atoms with van der Waals surface area (Å²) in [7, 11) is 2.11. The Morgan fingerprint density at radius 1 is 1.33 bits per heavy atom. The van der Waals surface area contributed by atoms with Crippen LogP contribution in [-0.2, 0) is 4.79 Å². The minimum Gasteiger partial charge on any atom is -0.369 e. The summed E-state index contributed by atoms with van der Waals surface area (Å²) in [6.45, 7) is 4.62. The van der Waals surface area contributed by atoms with Gasteiger partial charge >= 0.3 is 0 Å². The van der Waals surface area contributed by atoms with Gasteiger partial charge in [0.25, 0.3) is 0 Å². The van der Waals surface area contributed by atoms with Crippen molar-refractivity contribution in [1.29, 1.82) is 0 Å². The molecule has 0 heterocycles. The number of hydrogen-bond acceptors (Lipinski definition) is 2. The van der Waals surface area contributed by atoms with E-state index >= 15 is 0 Å². The third kappa shape index (κ3) is 3.49. The predicted octanol–water partition coefficient (Wildman–Crippen LogP) is 1.76. The van der Waals surface area contributed by atoms with E-state index in [2.05, 4.69) is 11.9 Å². The maximum atomic E-state index is 11.2. The molecule has 3 heteroatoms. The van der Waals surface area contributed by atoms with Gasteiger partial charge < -0.3 is 10.6 Å². The first-order valence-electron chi connectivity index (χ1n) is 5.93. The highest BCUT2D eigenvalue weighted by atomic mass is 16.1. The van der Waals surface area contributed by atoms with E-state index in [1.807, 2.05) is 13.8 Å². The van der Waals surface area contributed by atoms with Gasteiger partial charge in [-0.1, -0.05) is 19.3 Å². The second kappa shape index (κ2) is 4.97. The van der Waals surface area contributed by atoms with Gasteiger partial charge in [0.1, 0.15) is 0 Å². The predicted molar refractivity (Wildman–Crippen MR) is 62.5 cm³/mol. The summed E-state index contributed by atoms with van der Waals surface area (Å²) in [6.07, 6.45) is 6.55. The van der Waals surface area contributed by atoms with Crippen molar-refractivity contribution in [2.45, 2.75) is 52.0 Å². The fourth-order valence-corrected chi connectivity index (χ4v) is 2.35. The van der Waals surface area contributed by atoms with E-state index in [1.54, 1.807) is 0 Å². The van der Waals surface area contributed by atoms with Crippen molar-refractivity contribution in [2.24, 2.45) is 11.1 Å². The first-order valence-corrected chi connectivity index (χ1v) is 5.93. The SMILES string of the molecule is CN(CC(C)(C)C(N)=O)C1CCCCC1. The number of hydrogen-bond donors (Lipinski definition) is 1. The molecule has 0 aliphatic heterocycles. The summed E-state index contributed by atoms with van der Waals surface area (Å²) in [4.78, 5) is 13.5. The van der Waals surface area contributed by atoms with E-state index in [0.29, 0.717) is 6.04 Å². The molecule has 1 aliphatic rings. The third-order valence-corrected chi connectivity index (χ3v) is 3.51. The summed E-state index contributed by atoms with van der Waals surface area (Å²) < 4.78 is 0. The van der Waals surface area contributed by atoms with Gasteiger partial charge in [-0.25, -0.2) is 0 Å². The van der Waals surface area contributed by atoms with Crippen LogP contribution in [0, 0.1) is 5.41 Å². The average molecular weight is 212 g/mol. The third-order valence-electron chi connectivity index (χ3n) is 3.51. The molecule has 0 saturated heterocycles. The van der Waals surface area contributed by atoms with E-state index in [0.717, 1.165) is 6.54 Å². The molecule has 1 rings (SSSR count). The Balaban J connectivity index is 2.46. The van der Waals surface area contributed by atoms with Crippen molar-refractivity contribution in [3.05, 3.63) is 0 Å². The van der Waals surface area contributed by atoms with Crippen LogP contribution in [0.2, 0.25) is 0 Å². The lowest BCUT2D eigenvalue weighted by Crippen LogP contribution is -2.45. The summed E-state index contributed by atoms with van der Waals surface area (Å²) in [5.41, 5.74) is 4.97. The number of carbonyl (C=O) groups is 1. The number of primary amides is 1. The second-order valence-corrected chi connectivity index (χ2v) is 5.46.